The number of carbonyl (C=O) groups excluding carboxylic acids is 1. The molecule has 1 aromatic carbocycles. The summed E-state index contributed by atoms with van der Waals surface area (Å²) in [5.41, 5.74) is 6.49. The van der Waals surface area contributed by atoms with Crippen molar-refractivity contribution in [1.29, 1.82) is 0 Å². The van der Waals surface area contributed by atoms with Gasteiger partial charge in [-0.2, -0.15) is 0 Å². The van der Waals surface area contributed by atoms with Crippen molar-refractivity contribution in [2.45, 2.75) is 45.6 Å². The topological polar surface area (TPSA) is 55.1 Å². The molecule has 0 bridgehead atoms. The van der Waals surface area contributed by atoms with E-state index in [0.717, 1.165) is 31.2 Å². The highest BCUT2D eigenvalue weighted by Crippen LogP contribution is 2.39. The lowest BCUT2D eigenvalue weighted by atomic mass is 9.70. The Balaban J connectivity index is 2.08. The Bertz CT molecular complexity index is 495. The van der Waals surface area contributed by atoms with Crippen LogP contribution >= 0.6 is 11.6 Å². The van der Waals surface area contributed by atoms with Crippen LogP contribution in [0.2, 0.25) is 5.02 Å². The third-order valence-corrected chi connectivity index (χ3v) is 5.17. The van der Waals surface area contributed by atoms with Crippen molar-refractivity contribution in [3.8, 4) is 0 Å². The quantitative estimate of drug-likeness (QED) is 0.891. The number of nitrogens with two attached hydrogens (primary N) is 1. The molecule has 1 atom stereocenters. The number of hydrogen-bond acceptors (Lipinski definition) is 2. The second kappa shape index (κ2) is 6.80. The number of halogens is 1. The van der Waals surface area contributed by atoms with Gasteiger partial charge in [-0.15, -0.1) is 0 Å². The maximum atomic E-state index is 12.7. The van der Waals surface area contributed by atoms with Crippen LogP contribution in [0, 0.1) is 11.3 Å². The number of nitrogens with one attached hydrogen (secondary N) is 1. The normalized spacial score (nSPS) is 27.1. The van der Waals surface area contributed by atoms with Crippen molar-refractivity contribution in [2.75, 3.05) is 6.54 Å². The minimum atomic E-state index is -0.401. The van der Waals surface area contributed by atoms with Crippen molar-refractivity contribution in [1.82, 2.24) is 5.32 Å². The minimum Gasteiger partial charge on any atom is -0.349 e. The van der Waals surface area contributed by atoms with E-state index in [1.165, 1.54) is 0 Å². The highest BCUT2D eigenvalue weighted by molar-refractivity contribution is 6.31. The largest absolute Gasteiger partial charge is 0.349 e. The summed E-state index contributed by atoms with van der Waals surface area (Å²) in [6.45, 7) is 4.63. The molecule has 2 rings (SSSR count). The Kier molecular flexibility index (Phi) is 5.28. The van der Waals surface area contributed by atoms with Crippen LogP contribution in [0.25, 0.3) is 0 Å². The first-order valence-corrected chi connectivity index (χ1v) is 8.12. The van der Waals surface area contributed by atoms with E-state index < -0.39 is 5.41 Å². The summed E-state index contributed by atoms with van der Waals surface area (Å²) >= 11 is 6.20. The highest BCUT2D eigenvalue weighted by Gasteiger charge is 2.40. The Morgan fingerprint density at radius 1 is 1.43 bits per heavy atom. The molecule has 0 heterocycles. The lowest BCUT2D eigenvalue weighted by Crippen LogP contribution is -2.48. The van der Waals surface area contributed by atoms with Gasteiger partial charge in [0.1, 0.15) is 0 Å². The summed E-state index contributed by atoms with van der Waals surface area (Å²) in [6, 6.07) is 7.52. The van der Waals surface area contributed by atoms with E-state index in [2.05, 4.69) is 12.2 Å². The lowest BCUT2D eigenvalue weighted by molar-refractivity contribution is -0.133. The van der Waals surface area contributed by atoms with E-state index in [1.807, 2.05) is 31.2 Å². The summed E-state index contributed by atoms with van der Waals surface area (Å²) in [5.74, 6) is 0.766. The maximum Gasteiger partial charge on any atom is 0.227 e. The first kappa shape index (κ1) is 16.3. The van der Waals surface area contributed by atoms with Gasteiger partial charge in [0.15, 0.2) is 0 Å². The fourth-order valence-electron chi connectivity index (χ4n) is 3.09. The van der Waals surface area contributed by atoms with Gasteiger partial charge in [-0.05, 0) is 50.2 Å². The van der Waals surface area contributed by atoms with Crippen molar-refractivity contribution < 1.29 is 4.79 Å². The van der Waals surface area contributed by atoms with Gasteiger partial charge >= 0.3 is 0 Å². The molecule has 21 heavy (non-hydrogen) atoms. The molecule has 1 amide bonds. The molecular weight excluding hydrogens is 284 g/mol. The van der Waals surface area contributed by atoms with Gasteiger partial charge in [-0.3, -0.25) is 4.79 Å². The van der Waals surface area contributed by atoms with Crippen molar-refractivity contribution in [3.05, 3.63) is 34.9 Å². The predicted molar refractivity (Wildman–Crippen MR) is 87.1 cm³/mol. The molecule has 0 radical (unpaired) electrons. The third kappa shape index (κ3) is 3.58. The summed E-state index contributed by atoms with van der Waals surface area (Å²) in [6.07, 6.45) is 3.91. The molecule has 0 aliphatic heterocycles. The number of amides is 1. The molecule has 0 aromatic heterocycles. The molecule has 1 aromatic rings. The number of carbonyl (C=O) groups is 1. The molecule has 4 heteroatoms. The van der Waals surface area contributed by atoms with Crippen LogP contribution in [0.4, 0.5) is 0 Å². The lowest BCUT2D eigenvalue weighted by Gasteiger charge is -2.38. The Morgan fingerprint density at radius 3 is 2.62 bits per heavy atom. The molecule has 0 unspecified atom stereocenters. The fraction of sp³-hybridized carbons (Fsp3) is 0.588. The summed E-state index contributed by atoms with van der Waals surface area (Å²) in [7, 11) is 0. The average Bonchev–Trinajstić information content (AvgIpc) is 2.48. The van der Waals surface area contributed by atoms with Crippen LogP contribution in [0.1, 0.15) is 51.1 Å². The van der Waals surface area contributed by atoms with E-state index >= 15 is 0 Å². The van der Waals surface area contributed by atoms with Crippen LogP contribution in [-0.2, 0) is 4.79 Å². The molecule has 0 spiro atoms. The summed E-state index contributed by atoms with van der Waals surface area (Å²) in [4.78, 5) is 12.7. The maximum absolute atomic E-state index is 12.7. The molecule has 3 N–H and O–H groups in total. The minimum absolute atomic E-state index is 0.0734. The molecule has 1 saturated carbocycles. The Hall–Kier alpha value is -1.06. The predicted octanol–water partition coefficient (Wildman–Crippen LogP) is 3.67. The van der Waals surface area contributed by atoms with Crippen molar-refractivity contribution in [2.24, 2.45) is 17.1 Å². The number of rotatable bonds is 4. The number of benzene rings is 1. The summed E-state index contributed by atoms with van der Waals surface area (Å²) < 4.78 is 0. The molecular formula is C17H25ClN2O. The third-order valence-electron chi connectivity index (χ3n) is 4.82. The van der Waals surface area contributed by atoms with Gasteiger partial charge in [-0.25, -0.2) is 0 Å². The SMILES string of the molecule is CC1CCC(CN)(C(=O)N[C@@H](C)c2ccccc2Cl)CC1. The monoisotopic (exact) mass is 308 g/mol. The molecule has 1 aliphatic carbocycles. The zero-order valence-electron chi connectivity index (χ0n) is 12.9. The van der Waals surface area contributed by atoms with E-state index in [9.17, 15) is 4.79 Å². The molecule has 1 aliphatic rings. The average molecular weight is 309 g/mol. The molecule has 116 valence electrons. The van der Waals surface area contributed by atoms with Gasteiger partial charge in [0.05, 0.1) is 11.5 Å². The molecule has 0 saturated heterocycles. The van der Waals surface area contributed by atoms with Crippen LogP contribution in [0.3, 0.4) is 0 Å². The highest BCUT2D eigenvalue weighted by atomic mass is 35.5. The van der Waals surface area contributed by atoms with Gasteiger partial charge in [0, 0.05) is 11.6 Å². The zero-order chi connectivity index (χ0) is 15.5. The zero-order valence-corrected chi connectivity index (χ0v) is 13.6. The van der Waals surface area contributed by atoms with Gasteiger partial charge in [-0.1, -0.05) is 36.7 Å². The van der Waals surface area contributed by atoms with E-state index in [4.69, 9.17) is 17.3 Å². The first-order valence-electron chi connectivity index (χ1n) is 7.74. The Morgan fingerprint density at radius 2 is 2.05 bits per heavy atom. The van der Waals surface area contributed by atoms with Crippen LogP contribution in [0.5, 0.6) is 0 Å². The van der Waals surface area contributed by atoms with Gasteiger partial charge in [0.25, 0.3) is 0 Å². The second-order valence-corrected chi connectivity index (χ2v) is 6.79. The van der Waals surface area contributed by atoms with Crippen molar-refractivity contribution in [3.63, 3.8) is 0 Å². The Labute approximate surface area is 132 Å². The van der Waals surface area contributed by atoms with Crippen LogP contribution in [-0.4, -0.2) is 12.5 Å². The molecule has 3 nitrogen and oxygen atoms in total. The summed E-state index contributed by atoms with van der Waals surface area (Å²) in [5, 5.41) is 3.79. The van der Waals surface area contributed by atoms with Gasteiger partial charge < -0.3 is 11.1 Å². The standard InChI is InChI=1S/C17H25ClN2O/c1-12-7-9-17(11-19,10-8-12)16(21)20-13(2)14-5-3-4-6-15(14)18/h3-6,12-13H,7-11,19H2,1-2H3,(H,20,21)/t12?,13-,17?/m0/s1. The van der Waals surface area contributed by atoms with Crippen LogP contribution < -0.4 is 11.1 Å². The van der Waals surface area contributed by atoms with E-state index in [1.54, 1.807) is 0 Å². The second-order valence-electron chi connectivity index (χ2n) is 6.38. The van der Waals surface area contributed by atoms with E-state index in [-0.39, 0.29) is 11.9 Å². The van der Waals surface area contributed by atoms with E-state index in [0.29, 0.717) is 17.5 Å². The first-order chi connectivity index (χ1) is 9.98. The molecule has 1 fully saturated rings. The fourth-order valence-corrected chi connectivity index (χ4v) is 3.39. The smallest absolute Gasteiger partial charge is 0.227 e. The van der Waals surface area contributed by atoms with Crippen molar-refractivity contribution >= 4 is 17.5 Å². The van der Waals surface area contributed by atoms with Crippen LogP contribution in [0.15, 0.2) is 24.3 Å². The van der Waals surface area contributed by atoms with Gasteiger partial charge in [0.2, 0.25) is 5.91 Å². The number of hydrogen-bond donors (Lipinski definition) is 2.